The summed E-state index contributed by atoms with van der Waals surface area (Å²) in [5.74, 6) is 1.19. The van der Waals surface area contributed by atoms with Gasteiger partial charge in [-0.15, -0.1) is 0 Å². The largest absolute Gasteiger partial charge is 0.345 e. The number of aromatic nitrogens is 4. The highest BCUT2D eigenvalue weighted by Gasteiger charge is 2.13. The first-order valence-corrected chi connectivity index (χ1v) is 7.19. The van der Waals surface area contributed by atoms with E-state index in [9.17, 15) is 4.79 Å². The Hall–Kier alpha value is -2.28. The van der Waals surface area contributed by atoms with Gasteiger partial charge in [0.1, 0.15) is 5.39 Å². The lowest BCUT2D eigenvalue weighted by atomic mass is 10.3. The number of aromatic amines is 1. The number of rotatable bonds is 4. The van der Waals surface area contributed by atoms with Gasteiger partial charge in [-0.1, -0.05) is 18.2 Å². The van der Waals surface area contributed by atoms with E-state index in [1.807, 2.05) is 42.3 Å². The van der Waals surface area contributed by atoms with E-state index in [1.165, 1.54) is 6.20 Å². The van der Waals surface area contributed by atoms with Gasteiger partial charge in [-0.2, -0.15) is 22.7 Å². The number of anilines is 1. The number of nitrogens with one attached hydrogen (secondary N) is 1. The molecule has 0 aliphatic carbocycles. The molecule has 0 saturated carbocycles. The smallest absolute Gasteiger partial charge is 0.263 e. The molecule has 3 aromatic rings. The zero-order valence-corrected chi connectivity index (χ0v) is 12.4. The van der Waals surface area contributed by atoms with Crippen LogP contribution < -0.4 is 10.5 Å². The first kappa shape index (κ1) is 13.7. The molecule has 0 bridgehead atoms. The Bertz CT molecular complexity index is 811. The van der Waals surface area contributed by atoms with Crippen molar-refractivity contribution in [3.63, 3.8) is 0 Å². The van der Waals surface area contributed by atoms with Gasteiger partial charge in [-0.3, -0.25) is 9.78 Å². The Balaban J connectivity index is 2.18. The van der Waals surface area contributed by atoms with Crippen molar-refractivity contribution in [1.29, 1.82) is 0 Å². The third kappa shape index (κ3) is 2.52. The van der Waals surface area contributed by atoms with Crippen molar-refractivity contribution >= 4 is 29.6 Å². The molecule has 21 heavy (non-hydrogen) atoms. The maximum absolute atomic E-state index is 12.2. The minimum absolute atomic E-state index is 0.191. The zero-order valence-electron chi connectivity index (χ0n) is 11.5. The summed E-state index contributed by atoms with van der Waals surface area (Å²) in [6.07, 6.45) is 1.54. The number of nitrogens with zero attached hydrogens (tertiary/aromatic N) is 4. The lowest BCUT2D eigenvalue weighted by molar-refractivity contribution is 0.874. The number of thiol groups is 1. The molecule has 0 unspecified atom stereocenters. The molecule has 6 nitrogen and oxygen atoms in total. The molecule has 0 saturated heterocycles. The number of H-pyrrole nitrogens is 1. The monoisotopic (exact) mass is 301 g/mol. The molecule has 0 aliphatic rings. The second-order valence-corrected chi connectivity index (χ2v) is 5.11. The summed E-state index contributed by atoms with van der Waals surface area (Å²) in [4.78, 5) is 21.3. The van der Waals surface area contributed by atoms with E-state index in [1.54, 1.807) is 4.68 Å². The van der Waals surface area contributed by atoms with Gasteiger partial charge in [-0.25, -0.2) is 4.68 Å². The molecular weight excluding hydrogens is 286 g/mol. The van der Waals surface area contributed by atoms with Crippen LogP contribution in [-0.2, 0) is 0 Å². The highest BCUT2D eigenvalue weighted by atomic mass is 32.1. The Kier molecular flexibility index (Phi) is 3.66. The molecular formula is C14H15N5OS. The molecule has 0 atom stereocenters. The highest BCUT2D eigenvalue weighted by molar-refractivity contribution is 7.80. The van der Waals surface area contributed by atoms with Crippen LogP contribution in [0.5, 0.6) is 0 Å². The van der Waals surface area contributed by atoms with Crippen LogP contribution in [-0.4, -0.2) is 39.1 Å². The second-order valence-electron chi connectivity index (χ2n) is 4.66. The molecule has 0 fully saturated rings. The molecule has 3 rings (SSSR count). The zero-order chi connectivity index (χ0) is 14.8. The molecule has 0 aliphatic heterocycles. The van der Waals surface area contributed by atoms with Crippen LogP contribution in [0, 0.1) is 0 Å². The lowest BCUT2D eigenvalue weighted by Crippen LogP contribution is -2.25. The Labute approximate surface area is 126 Å². The lowest BCUT2D eigenvalue weighted by Gasteiger charge is -2.16. The van der Waals surface area contributed by atoms with Crippen LogP contribution in [0.4, 0.5) is 5.95 Å². The molecule has 108 valence electrons. The van der Waals surface area contributed by atoms with Crippen LogP contribution in [0.1, 0.15) is 0 Å². The van der Waals surface area contributed by atoms with Gasteiger partial charge in [0, 0.05) is 19.3 Å². The fourth-order valence-electron chi connectivity index (χ4n) is 2.10. The quantitative estimate of drug-likeness (QED) is 0.716. The summed E-state index contributed by atoms with van der Waals surface area (Å²) < 4.78 is 1.67. The summed E-state index contributed by atoms with van der Waals surface area (Å²) in [5, 5.41) is 4.75. The Morgan fingerprint density at radius 1 is 1.33 bits per heavy atom. The first-order chi connectivity index (χ1) is 10.2. The number of fused-ring (bicyclic) bond motifs is 1. The van der Waals surface area contributed by atoms with E-state index in [4.69, 9.17) is 0 Å². The molecule has 7 heteroatoms. The van der Waals surface area contributed by atoms with Gasteiger partial charge in [0.25, 0.3) is 5.56 Å². The number of benzene rings is 1. The molecule has 0 radical (unpaired) electrons. The molecule has 0 spiro atoms. The maximum atomic E-state index is 12.2. The number of hydrogen-bond acceptors (Lipinski definition) is 5. The first-order valence-electron chi connectivity index (χ1n) is 6.56. The summed E-state index contributed by atoms with van der Waals surface area (Å²) >= 11 is 4.20. The molecule has 1 aromatic carbocycles. The van der Waals surface area contributed by atoms with Crippen molar-refractivity contribution in [1.82, 2.24) is 19.7 Å². The van der Waals surface area contributed by atoms with Crippen LogP contribution in [0.3, 0.4) is 0 Å². The average molecular weight is 301 g/mol. The third-order valence-electron chi connectivity index (χ3n) is 3.22. The van der Waals surface area contributed by atoms with Crippen LogP contribution in [0.15, 0.2) is 41.3 Å². The molecule has 2 aromatic heterocycles. The number of hydrogen-bond donors (Lipinski definition) is 2. The van der Waals surface area contributed by atoms with E-state index >= 15 is 0 Å². The predicted octanol–water partition coefficient (Wildman–Crippen LogP) is 1.47. The standard InChI is InChI=1S/C14H15N5OS/c1-18(7-8-21)14-16-12-11(13(20)17-14)9-15-19(12)10-5-3-2-4-6-10/h2-6,9,21H,7-8H2,1H3,(H,16,17,20). The fourth-order valence-corrected chi connectivity index (χ4v) is 2.40. The second kappa shape index (κ2) is 5.61. The van der Waals surface area contributed by atoms with Crippen molar-refractivity contribution in [2.75, 3.05) is 24.2 Å². The topological polar surface area (TPSA) is 66.8 Å². The van der Waals surface area contributed by atoms with Gasteiger partial charge in [0.05, 0.1) is 11.9 Å². The van der Waals surface area contributed by atoms with E-state index in [2.05, 4.69) is 27.7 Å². The summed E-state index contributed by atoms with van der Waals surface area (Å²) in [6.45, 7) is 0.691. The van der Waals surface area contributed by atoms with Crippen LogP contribution >= 0.6 is 12.6 Å². The van der Waals surface area contributed by atoms with E-state index in [0.29, 0.717) is 29.3 Å². The summed E-state index contributed by atoms with van der Waals surface area (Å²) in [7, 11) is 1.86. The van der Waals surface area contributed by atoms with Crippen molar-refractivity contribution in [2.24, 2.45) is 0 Å². The average Bonchev–Trinajstić information content (AvgIpc) is 2.93. The van der Waals surface area contributed by atoms with Gasteiger partial charge in [0.2, 0.25) is 5.95 Å². The summed E-state index contributed by atoms with van der Waals surface area (Å²) in [5.41, 5.74) is 1.22. The van der Waals surface area contributed by atoms with Crippen molar-refractivity contribution in [2.45, 2.75) is 0 Å². The SMILES string of the molecule is CN(CCS)c1nc2c(cnn2-c2ccccc2)c(=O)[nH]1. The Morgan fingerprint density at radius 3 is 2.81 bits per heavy atom. The van der Waals surface area contributed by atoms with Crippen molar-refractivity contribution in [3.05, 3.63) is 46.9 Å². The molecule has 0 amide bonds. The van der Waals surface area contributed by atoms with Gasteiger partial charge >= 0.3 is 0 Å². The van der Waals surface area contributed by atoms with E-state index < -0.39 is 0 Å². The number of para-hydroxylation sites is 1. The Morgan fingerprint density at radius 2 is 2.10 bits per heavy atom. The van der Waals surface area contributed by atoms with Crippen LogP contribution in [0.2, 0.25) is 0 Å². The van der Waals surface area contributed by atoms with E-state index in [0.717, 1.165) is 5.69 Å². The normalized spacial score (nSPS) is 11.0. The van der Waals surface area contributed by atoms with E-state index in [-0.39, 0.29) is 5.56 Å². The van der Waals surface area contributed by atoms with Crippen molar-refractivity contribution in [3.8, 4) is 5.69 Å². The highest BCUT2D eigenvalue weighted by Crippen LogP contribution is 2.15. The predicted molar refractivity (Wildman–Crippen MR) is 86.6 cm³/mol. The fraction of sp³-hybridized carbons (Fsp3) is 0.214. The van der Waals surface area contributed by atoms with Gasteiger partial charge in [-0.05, 0) is 12.1 Å². The summed E-state index contributed by atoms with van der Waals surface area (Å²) in [6, 6.07) is 9.62. The molecule has 1 N–H and O–H groups in total. The molecule has 2 heterocycles. The van der Waals surface area contributed by atoms with Gasteiger partial charge in [0.15, 0.2) is 5.65 Å². The minimum Gasteiger partial charge on any atom is -0.345 e. The maximum Gasteiger partial charge on any atom is 0.263 e. The third-order valence-corrected chi connectivity index (χ3v) is 3.42. The van der Waals surface area contributed by atoms with Crippen molar-refractivity contribution < 1.29 is 0 Å². The minimum atomic E-state index is -0.191. The van der Waals surface area contributed by atoms with Gasteiger partial charge < -0.3 is 4.90 Å². The van der Waals surface area contributed by atoms with Crippen LogP contribution in [0.25, 0.3) is 16.7 Å².